The van der Waals surface area contributed by atoms with Gasteiger partial charge in [0.15, 0.2) is 0 Å². The maximum absolute atomic E-state index is 5.40. The van der Waals surface area contributed by atoms with Crippen LogP contribution in [0.2, 0.25) is 0 Å². The third kappa shape index (κ3) is 1.77. The molecule has 2 N–H and O–H groups in total. The largest absolute Gasteiger partial charge is 0.367 e. The van der Waals surface area contributed by atoms with Crippen LogP contribution in [0.4, 0.5) is 5.95 Å². The van der Waals surface area contributed by atoms with E-state index in [1.807, 2.05) is 13.2 Å². The topological polar surface area (TPSA) is 74.5 Å². The minimum absolute atomic E-state index is 0.275. The second-order valence-electron chi connectivity index (χ2n) is 2.90. The molecule has 0 bridgehead atoms. The number of aromatic nitrogens is 5. The number of rotatable bonds is 2. The molecule has 0 aromatic carbocycles. The van der Waals surface area contributed by atoms with Crippen molar-refractivity contribution in [2.24, 2.45) is 7.05 Å². The molecule has 0 saturated heterocycles. The van der Waals surface area contributed by atoms with E-state index < -0.39 is 0 Å². The van der Waals surface area contributed by atoms with Gasteiger partial charge in [-0.3, -0.25) is 4.68 Å². The van der Waals surface area contributed by atoms with Crippen molar-refractivity contribution in [3.05, 3.63) is 22.7 Å². The van der Waals surface area contributed by atoms with E-state index in [0.717, 1.165) is 10.2 Å². The second-order valence-corrected chi connectivity index (χ2v) is 3.75. The van der Waals surface area contributed by atoms with Crippen molar-refractivity contribution >= 4 is 21.9 Å². The quantitative estimate of drug-likeness (QED) is 0.845. The highest BCUT2D eigenvalue weighted by Gasteiger charge is 2.06. The molecule has 0 amide bonds. The third-order valence-corrected chi connectivity index (χ3v) is 2.38. The van der Waals surface area contributed by atoms with Gasteiger partial charge in [-0.1, -0.05) is 0 Å². The molecule has 14 heavy (non-hydrogen) atoms. The fourth-order valence-corrected chi connectivity index (χ4v) is 1.65. The number of aryl methyl sites for hydroxylation is 1. The number of nitrogens with two attached hydrogens (primary N) is 1. The molecule has 0 fully saturated rings. The summed E-state index contributed by atoms with van der Waals surface area (Å²) in [5, 5.41) is 8.22. The van der Waals surface area contributed by atoms with Crippen LogP contribution < -0.4 is 5.73 Å². The molecule has 0 aliphatic heterocycles. The zero-order valence-corrected chi connectivity index (χ0v) is 9.14. The molecule has 0 saturated carbocycles. The minimum atomic E-state index is 0.275. The minimum Gasteiger partial charge on any atom is -0.367 e. The van der Waals surface area contributed by atoms with E-state index in [1.54, 1.807) is 15.7 Å². The Morgan fingerprint density at radius 3 is 2.79 bits per heavy atom. The summed E-state index contributed by atoms with van der Waals surface area (Å²) < 4.78 is 4.33. The Hall–Kier alpha value is -1.37. The monoisotopic (exact) mass is 256 g/mol. The summed E-state index contributed by atoms with van der Waals surface area (Å²) in [6.07, 6.45) is 3.46. The van der Waals surface area contributed by atoms with Crippen LogP contribution in [0.25, 0.3) is 0 Å². The Bertz CT molecular complexity index is 445. The Kier molecular flexibility index (Phi) is 2.24. The lowest BCUT2D eigenvalue weighted by atomic mass is 10.4. The lowest BCUT2D eigenvalue weighted by molar-refractivity contribution is 0.649. The average molecular weight is 257 g/mol. The number of nitrogens with zero attached hydrogens (tertiary/aromatic N) is 5. The molecule has 6 nitrogen and oxygen atoms in total. The van der Waals surface area contributed by atoms with Crippen molar-refractivity contribution in [3.63, 3.8) is 0 Å². The molecule has 2 aromatic rings. The van der Waals surface area contributed by atoms with E-state index in [2.05, 4.69) is 31.1 Å². The molecule has 2 aromatic heterocycles. The van der Waals surface area contributed by atoms with Crippen LogP contribution in [0.1, 0.15) is 5.69 Å². The first-order chi connectivity index (χ1) is 6.65. The first kappa shape index (κ1) is 9.20. The van der Waals surface area contributed by atoms with E-state index >= 15 is 0 Å². The van der Waals surface area contributed by atoms with Crippen LogP contribution in [-0.4, -0.2) is 24.5 Å². The fourth-order valence-electron chi connectivity index (χ4n) is 1.15. The van der Waals surface area contributed by atoms with Gasteiger partial charge >= 0.3 is 0 Å². The Morgan fingerprint density at radius 1 is 1.50 bits per heavy atom. The molecule has 0 unspecified atom stereocenters. The maximum Gasteiger partial charge on any atom is 0.239 e. The highest BCUT2D eigenvalue weighted by Crippen LogP contribution is 2.14. The molecule has 0 spiro atoms. The number of hydrogen-bond donors (Lipinski definition) is 1. The summed E-state index contributed by atoms with van der Waals surface area (Å²) in [4.78, 5) is 3.83. The second kappa shape index (κ2) is 3.41. The van der Waals surface area contributed by atoms with Crippen molar-refractivity contribution < 1.29 is 0 Å². The molecule has 0 aliphatic carbocycles. The average Bonchev–Trinajstić information content (AvgIpc) is 2.61. The van der Waals surface area contributed by atoms with E-state index in [1.165, 1.54) is 0 Å². The fraction of sp³-hybridized carbons (Fsp3) is 0.286. The summed E-state index contributed by atoms with van der Waals surface area (Å²) in [6.45, 7) is 0.561. The number of nitrogen functional groups attached to an aromatic ring is 1. The van der Waals surface area contributed by atoms with Crippen molar-refractivity contribution in [2.45, 2.75) is 6.54 Å². The summed E-state index contributed by atoms with van der Waals surface area (Å²) in [5.41, 5.74) is 6.30. The first-order valence-electron chi connectivity index (χ1n) is 3.98. The van der Waals surface area contributed by atoms with Gasteiger partial charge in [-0.2, -0.15) is 5.10 Å². The molecule has 0 atom stereocenters. The van der Waals surface area contributed by atoms with Gasteiger partial charge in [-0.25, -0.2) is 9.67 Å². The SMILES string of the molecule is Cn1cc(Br)c(Cn2cnc(N)n2)n1. The van der Waals surface area contributed by atoms with Gasteiger partial charge < -0.3 is 5.73 Å². The highest BCUT2D eigenvalue weighted by atomic mass is 79.9. The van der Waals surface area contributed by atoms with E-state index in [-0.39, 0.29) is 5.95 Å². The lowest BCUT2D eigenvalue weighted by Crippen LogP contribution is -2.03. The lowest BCUT2D eigenvalue weighted by Gasteiger charge is -1.96. The van der Waals surface area contributed by atoms with Gasteiger partial charge in [0.1, 0.15) is 6.33 Å². The van der Waals surface area contributed by atoms with E-state index in [0.29, 0.717) is 6.54 Å². The van der Waals surface area contributed by atoms with E-state index in [9.17, 15) is 0 Å². The number of halogens is 1. The van der Waals surface area contributed by atoms with Crippen molar-refractivity contribution in [3.8, 4) is 0 Å². The first-order valence-corrected chi connectivity index (χ1v) is 4.77. The molecule has 2 rings (SSSR count). The van der Waals surface area contributed by atoms with Crippen molar-refractivity contribution in [2.75, 3.05) is 5.73 Å². The van der Waals surface area contributed by atoms with Crippen LogP contribution in [0.5, 0.6) is 0 Å². The summed E-state index contributed by atoms with van der Waals surface area (Å²) in [7, 11) is 1.87. The van der Waals surface area contributed by atoms with Crippen LogP contribution in [0, 0.1) is 0 Å². The van der Waals surface area contributed by atoms with Gasteiger partial charge in [0.2, 0.25) is 5.95 Å². The standard InChI is InChI=1S/C7H9BrN6/c1-13-2-5(8)6(11-13)3-14-4-10-7(9)12-14/h2,4H,3H2,1H3,(H2,9,12). The Labute approximate surface area is 88.9 Å². The number of anilines is 1. The zero-order chi connectivity index (χ0) is 10.1. The van der Waals surface area contributed by atoms with Gasteiger partial charge in [0, 0.05) is 13.2 Å². The predicted molar refractivity (Wildman–Crippen MR) is 54.4 cm³/mol. The summed E-state index contributed by atoms with van der Waals surface area (Å²) in [6, 6.07) is 0. The van der Waals surface area contributed by atoms with Crippen LogP contribution >= 0.6 is 15.9 Å². The van der Waals surface area contributed by atoms with Crippen LogP contribution in [0.15, 0.2) is 17.0 Å². The normalized spacial score (nSPS) is 10.7. The van der Waals surface area contributed by atoms with Gasteiger partial charge in [-0.05, 0) is 15.9 Å². The number of hydrogen-bond acceptors (Lipinski definition) is 4. The van der Waals surface area contributed by atoms with Gasteiger partial charge in [-0.15, -0.1) is 5.10 Å². The molecule has 7 heteroatoms. The summed E-state index contributed by atoms with van der Waals surface area (Å²) in [5.74, 6) is 0.275. The maximum atomic E-state index is 5.40. The smallest absolute Gasteiger partial charge is 0.239 e. The molecule has 0 aliphatic rings. The van der Waals surface area contributed by atoms with Crippen molar-refractivity contribution in [1.82, 2.24) is 24.5 Å². The highest BCUT2D eigenvalue weighted by molar-refractivity contribution is 9.10. The predicted octanol–water partition coefficient (Wildman–Crippen LogP) is 0.405. The molecule has 74 valence electrons. The molecule has 0 radical (unpaired) electrons. The Morgan fingerprint density at radius 2 is 2.29 bits per heavy atom. The third-order valence-electron chi connectivity index (χ3n) is 1.72. The van der Waals surface area contributed by atoms with Crippen LogP contribution in [0.3, 0.4) is 0 Å². The van der Waals surface area contributed by atoms with E-state index in [4.69, 9.17) is 5.73 Å². The Balaban J connectivity index is 2.22. The van der Waals surface area contributed by atoms with Crippen LogP contribution in [-0.2, 0) is 13.6 Å². The van der Waals surface area contributed by atoms with Gasteiger partial charge in [0.25, 0.3) is 0 Å². The zero-order valence-electron chi connectivity index (χ0n) is 7.55. The molecular weight excluding hydrogens is 248 g/mol. The molecular formula is C7H9BrN6. The van der Waals surface area contributed by atoms with Gasteiger partial charge in [0.05, 0.1) is 16.7 Å². The molecule has 2 heterocycles. The van der Waals surface area contributed by atoms with Crippen molar-refractivity contribution in [1.29, 1.82) is 0 Å². The summed E-state index contributed by atoms with van der Waals surface area (Å²) >= 11 is 3.41.